The van der Waals surface area contributed by atoms with Gasteiger partial charge in [-0.15, -0.1) is 0 Å². The molecule has 5 nitrogen and oxygen atoms in total. The van der Waals surface area contributed by atoms with Crippen molar-refractivity contribution in [2.45, 2.75) is 13.8 Å². The number of benzene rings is 2. The maximum absolute atomic E-state index is 13.1. The van der Waals surface area contributed by atoms with Crippen LogP contribution in [-0.2, 0) is 0 Å². The average molecular weight is 379 g/mol. The predicted molar refractivity (Wildman–Crippen MR) is 104 cm³/mol. The Hall–Kier alpha value is -3.18. The first-order valence-electron chi connectivity index (χ1n) is 8.36. The third-order valence-electron chi connectivity index (χ3n) is 4.58. The molecular formula is C21H15ClN2O3. The van der Waals surface area contributed by atoms with E-state index in [-0.39, 0.29) is 17.4 Å². The Balaban J connectivity index is 2.01. The van der Waals surface area contributed by atoms with Gasteiger partial charge in [-0.2, -0.15) is 4.98 Å². The number of aryl methyl sites for hydroxylation is 1. The van der Waals surface area contributed by atoms with Gasteiger partial charge in [0.1, 0.15) is 5.39 Å². The molecule has 0 N–H and O–H groups in total. The summed E-state index contributed by atoms with van der Waals surface area (Å²) in [6.45, 7) is 3.57. The molecule has 6 heteroatoms. The number of nitrogens with zero attached hydrogens (tertiary/aromatic N) is 2. The van der Waals surface area contributed by atoms with Crippen molar-refractivity contribution >= 4 is 28.5 Å². The molecule has 0 spiro atoms. The Morgan fingerprint density at radius 2 is 1.81 bits per heavy atom. The molecule has 0 fully saturated rings. The molecule has 2 heterocycles. The van der Waals surface area contributed by atoms with E-state index in [1.54, 1.807) is 62.4 Å². The van der Waals surface area contributed by atoms with E-state index in [9.17, 15) is 9.59 Å². The van der Waals surface area contributed by atoms with Crippen LogP contribution in [0.5, 0.6) is 0 Å². The highest BCUT2D eigenvalue weighted by Gasteiger charge is 2.23. The SMILES string of the molecule is Cc1c(C)n(C(=O)c2ccccc2)c2nc(-c3cccc(Cl)c3)oc(=O)c12. The Labute approximate surface area is 159 Å². The van der Waals surface area contributed by atoms with Gasteiger partial charge in [-0.1, -0.05) is 35.9 Å². The van der Waals surface area contributed by atoms with Crippen LogP contribution < -0.4 is 5.63 Å². The fourth-order valence-corrected chi connectivity index (χ4v) is 3.29. The van der Waals surface area contributed by atoms with Gasteiger partial charge >= 0.3 is 5.63 Å². The van der Waals surface area contributed by atoms with Gasteiger partial charge < -0.3 is 4.42 Å². The second-order valence-corrected chi connectivity index (χ2v) is 6.67. The first-order valence-corrected chi connectivity index (χ1v) is 8.73. The molecule has 0 saturated carbocycles. The number of carbonyl (C=O) groups is 1. The summed E-state index contributed by atoms with van der Waals surface area (Å²) in [4.78, 5) is 30.2. The fraction of sp³-hybridized carbons (Fsp3) is 0.0952. The van der Waals surface area contributed by atoms with E-state index < -0.39 is 5.63 Å². The van der Waals surface area contributed by atoms with E-state index >= 15 is 0 Å². The van der Waals surface area contributed by atoms with Gasteiger partial charge in [0.05, 0.1) is 0 Å². The number of fused-ring (bicyclic) bond motifs is 1. The van der Waals surface area contributed by atoms with Gasteiger partial charge in [0.2, 0.25) is 5.89 Å². The van der Waals surface area contributed by atoms with Crippen molar-refractivity contribution in [3.05, 3.63) is 86.9 Å². The van der Waals surface area contributed by atoms with Crippen LogP contribution in [0.3, 0.4) is 0 Å². The van der Waals surface area contributed by atoms with E-state index in [2.05, 4.69) is 4.98 Å². The third kappa shape index (κ3) is 2.86. The lowest BCUT2D eigenvalue weighted by Gasteiger charge is -2.07. The Kier molecular flexibility index (Phi) is 4.16. The minimum Gasteiger partial charge on any atom is -0.403 e. The maximum Gasteiger partial charge on any atom is 0.349 e. The van der Waals surface area contributed by atoms with Crippen molar-refractivity contribution < 1.29 is 9.21 Å². The van der Waals surface area contributed by atoms with Crippen molar-refractivity contribution in [2.24, 2.45) is 0 Å². The molecule has 4 aromatic rings. The largest absolute Gasteiger partial charge is 0.403 e. The smallest absolute Gasteiger partial charge is 0.349 e. The molecule has 0 unspecified atom stereocenters. The number of rotatable bonds is 2. The van der Waals surface area contributed by atoms with E-state index in [0.717, 1.165) is 0 Å². The van der Waals surface area contributed by atoms with E-state index in [1.807, 2.05) is 6.07 Å². The molecular weight excluding hydrogens is 364 g/mol. The minimum absolute atomic E-state index is 0.120. The topological polar surface area (TPSA) is 65.1 Å². The van der Waals surface area contributed by atoms with Crippen LogP contribution in [0.4, 0.5) is 0 Å². The molecule has 0 aliphatic heterocycles. The van der Waals surface area contributed by atoms with Crippen molar-refractivity contribution in [3.63, 3.8) is 0 Å². The molecule has 0 atom stereocenters. The molecule has 0 amide bonds. The average Bonchev–Trinajstić information content (AvgIpc) is 2.93. The fourth-order valence-electron chi connectivity index (χ4n) is 3.10. The quantitative estimate of drug-likeness (QED) is 0.510. The first kappa shape index (κ1) is 17.2. The zero-order valence-corrected chi connectivity index (χ0v) is 15.4. The molecule has 134 valence electrons. The summed E-state index contributed by atoms with van der Waals surface area (Å²) in [6, 6.07) is 15.7. The number of aromatic nitrogens is 2. The van der Waals surface area contributed by atoms with Crippen LogP contribution in [0.1, 0.15) is 21.6 Å². The van der Waals surface area contributed by atoms with Crippen molar-refractivity contribution in [1.82, 2.24) is 9.55 Å². The third-order valence-corrected chi connectivity index (χ3v) is 4.82. The molecule has 2 aromatic heterocycles. The number of halogens is 1. The molecule has 4 rings (SSSR count). The van der Waals surface area contributed by atoms with Crippen LogP contribution in [-0.4, -0.2) is 15.5 Å². The van der Waals surface area contributed by atoms with Crippen molar-refractivity contribution in [2.75, 3.05) is 0 Å². The Morgan fingerprint density at radius 1 is 1.07 bits per heavy atom. The molecule has 0 aliphatic carbocycles. The van der Waals surface area contributed by atoms with Crippen LogP contribution in [0.25, 0.3) is 22.5 Å². The molecule has 0 saturated heterocycles. The summed E-state index contributed by atoms with van der Waals surface area (Å²) in [5, 5.41) is 0.808. The van der Waals surface area contributed by atoms with Crippen molar-refractivity contribution in [3.8, 4) is 11.5 Å². The molecule has 0 radical (unpaired) electrons. The normalized spacial score (nSPS) is 11.1. The standard InChI is InChI=1S/C21H15ClN2O3/c1-12-13(2)24(20(25)14-7-4-3-5-8-14)18-17(12)21(26)27-19(23-18)15-9-6-10-16(22)11-15/h3-11H,1-2H3. The van der Waals surface area contributed by atoms with Gasteiger partial charge in [-0.25, -0.2) is 4.79 Å². The summed E-state index contributed by atoms with van der Waals surface area (Å²) in [5.74, 6) is -0.129. The minimum atomic E-state index is -0.532. The van der Waals surface area contributed by atoms with Gasteiger partial charge in [-0.05, 0) is 49.7 Å². The Bertz CT molecular complexity index is 1240. The zero-order valence-electron chi connectivity index (χ0n) is 14.7. The lowest BCUT2D eigenvalue weighted by atomic mass is 10.2. The van der Waals surface area contributed by atoms with Crippen LogP contribution in [0, 0.1) is 13.8 Å². The summed E-state index contributed by atoms with van der Waals surface area (Å²) < 4.78 is 6.88. The van der Waals surface area contributed by atoms with Gasteiger partial charge in [0, 0.05) is 21.8 Å². The monoisotopic (exact) mass is 378 g/mol. The molecule has 2 aromatic carbocycles. The Morgan fingerprint density at radius 3 is 2.52 bits per heavy atom. The van der Waals surface area contributed by atoms with Crippen LogP contribution in [0.15, 0.2) is 63.8 Å². The van der Waals surface area contributed by atoms with Gasteiger partial charge in [-0.3, -0.25) is 9.36 Å². The van der Waals surface area contributed by atoms with Gasteiger partial charge in [0.15, 0.2) is 5.65 Å². The van der Waals surface area contributed by atoms with E-state index in [1.165, 1.54) is 4.57 Å². The number of hydrogen-bond donors (Lipinski definition) is 0. The van der Waals surface area contributed by atoms with E-state index in [4.69, 9.17) is 16.0 Å². The highest BCUT2D eigenvalue weighted by Crippen LogP contribution is 2.26. The van der Waals surface area contributed by atoms with Crippen LogP contribution >= 0.6 is 11.6 Å². The summed E-state index contributed by atoms with van der Waals surface area (Å²) in [6.07, 6.45) is 0. The first-order chi connectivity index (χ1) is 13.0. The van der Waals surface area contributed by atoms with Crippen molar-refractivity contribution in [1.29, 1.82) is 0 Å². The summed E-state index contributed by atoms with van der Waals surface area (Å²) in [5.41, 5.74) is 2.16. The van der Waals surface area contributed by atoms with Crippen LogP contribution in [0.2, 0.25) is 5.02 Å². The second kappa shape index (κ2) is 6.52. The lowest BCUT2D eigenvalue weighted by molar-refractivity contribution is 0.0962. The molecule has 0 aliphatic rings. The summed E-state index contributed by atoms with van der Waals surface area (Å²) in [7, 11) is 0. The summed E-state index contributed by atoms with van der Waals surface area (Å²) >= 11 is 6.04. The predicted octanol–water partition coefficient (Wildman–Crippen LogP) is 4.62. The molecule has 27 heavy (non-hydrogen) atoms. The zero-order chi connectivity index (χ0) is 19.1. The maximum atomic E-state index is 13.1. The number of carbonyl (C=O) groups excluding carboxylic acids is 1. The second-order valence-electron chi connectivity index (χ2n) is 6.23. The van der Waals surface area contributed by atoms with Gasteiger partial charge in [0.25, 0.3) is 5.91 Å². The molecule has 0 bridgehead atoms. The number of hydrogen-bond acceptors (Lipinski definition) is 4. The highest BCUT2D eigenvalue weighted by atomic mass is 35.5. The van der Waals surface area contributed by atoms with E-state index in [0.29, 0.717) is 32.8 Å². The highest BCUT2D eigenvalue weighted by molar-refractivity contribution is 6.30. The lowest BCUT2D eigenvalue weighted by Crippen LogP contribution is -2.15.